The van der Waals surface area contributed by atoms with E-state index in [0.29, 0.717) is 0 Å². The largest absolute Gasteiger partial charge is 0.0616 e. The maximum Gasteiger partial charge on any atom is -0.00137 e. The van der Waals surface area contributed by atoms with Gasteiger partial charge in [0.1, 0.15) is 0 Å². The molecule has 0 saturated carbocycles. The molecule has 6 rings (SSSR count). The van der Waals surface area contributed by atoms with Crippen LogP contribution < -0.4 is 0 Å². The van der Waals surface area contributed by atoms with Crippen molar-refractivity contribution in [1.82, 2.24) is 0 Å². The van der Waals surface area contributed by atoms with Crippen molar-refractivity contribution in [2.45, 2.75) is 13.8 Å². The minimum atomic E-state index is 1.32. The molecule has 0 aliphatic rings. The normalized spacial score (nSPS) is 12.2. The van der Waals surface area contributed by atoms with Crippen molar-refractivity contribution in [3.63, 3.8) is 0 Å². The number of benzene rings is 6. The molecule has 0 saturated heterocycles. The SMILES string of the molecule is Cc1cc2c3ccccc3c3cc(C)cc4c5ccccc5c(c1)c2c34. The highest BCUT2D eigenvalue weighted by Crippen LogP contribution is 2.45. The Morgan fingerprint density at radius 3 is 0.923 bits per heavy atom. The Hall–Kier alpha value is -3.12. The minimum Gasteiger partial charge on any atom is -0.0616 e. The highest BCUT2D eigenvalue weighted by molar-refractivity contribution is 6.40. The second kappa shape index (κ2) is 4.74. The van der Waals surface area contributed by atoms with Crippen LogP contribution in [0.1, 0.15) is 11.1 Å². The van der Waals surface area contributed by atoms with Crippen molar-refractivity contribution in [2.75, 3.05) is 0 Å². The predicted octanol–water partition coefficient (Wildman–Crippen LogP) is 7.51. The lowest BCUT2D eigenvalue weighted by molar-refractivity contribution is 1.52. The van der Waals surface area contributed by atoms with E-state index >= 15 is 0 Å². The fraction of sp³-hybridized carbons (Fsp3) is 0.0769. The summed E-state index contributed by atoms with van der Waals surface area (Å²) in [6, 6.07) is 27.2. The van der Waals surface area contributed by atoms with E-state index in [1.54, 1.807) is 0 Å². The summed E-state index contributed by atoms with van der Waals surface area (Å²) < 4.78 is 0. The van der Waals surface area contributed by atoms with Crippen molar-refractivity contribution in [3.8, 4) is 0 Å². The first-order valence-corrected chi connectivity index (χ1v) is 9.21. The Balaban J connectivity index is 2.15. The first-order valence-electron chi connectivity index (χ1n) is 9.21. The second-order valence-corrected chi connectivity index (χ2v) is 7.56. The summed E-state index contributed by atoms with van der Waals surface area (Å²) in [5.41, 5.74) is 2.64. The zero-order valence-electron chi connectivity index (χ0n) is 14.9. The molecule has 0 N–H and O–H groups in total. The van der Waals surface area contributed by atoms with Crippen molar-refractivity contribution in [3.05, 3.63) is 83.9 Å². The van der Waals surface area contributed by atoms with Crippen LogP contribution >= 0.6 is 0 Å². The van der Waals surface area contributed by atoms with Gasteiger partial charge in [-0.15, -0.1) is 0 Å². The van der Waals surface area contributed by atoms with Crippen molar-refractivity contribution in [1.29, 1.82) is 0 Å². The van der Waals surface area contributed by atoms with E-state index in [4.69, 9.17) is 0 Å². The molecule has 6 aromatic carbocycles. The van der Waals surface area contributed by atoms with E-state index < -0.39 is 0 Å². The summed E-state index contributed by atoms with van der Waals surface area (Å²) in [5, 5.41) is 13.8. The van der Waals surface area contributed by atoms with Gasteiger partial charge in [-0.05, 0) is 78.8 Å². The molecule has 0 aliphatic heterocycles. The standard InChI is InChI=1S/C26H18/c1-15-11-21-17-7-3-5-9-19(17)23-13-16(2)14-24-20-10-6-4-8-18(20)22(12-15)25(21)26(23)24/h3-14H,1-2H3. The zero-order valence-corrected chi connectivity index (χ0v) is 14.9. The Kier molecular flexibility index (Phi) is 2.57. The lowest BCUT2D eigenvalue weighted by Gasteiger charge is -2.18. The highest BCUT2D eigenvalue weighted by Gasteiger charge is 2.17. The van der Waals surface area contributed by atoms with Gasteiger partial charge in [-0.25, -0.2) is 0 Å². The van der Waals surface area contributed by atoms with Gasteiger partial charge in [-0.1, -0.05) is 72.8 Å². The van der Waals surface area contributed by atoms with Crippen molar-refractivity contribution >= 4 is 53.9 Å². The van der Waals surface area contributed by atoms with Gasteiger partial charge in [-0.2, -0.15) is 0 Å². The Morgan fingerprint density at radius 2 is 0.654 bits per heavy atom. The molecular weight excluding hydrogens is 312 g/mol. The molecule has 0 nitrogen and oxygen atoms in total. The lowest BCUT2D eigenvalue weighted by Crippen LogP contribution is -1.91. The van der Waals surface area contributed by atoms with Crippen LogP contribution in [0.2, 0.25) is 0 Å². The predicted molar refractivity (Wildman–Crippen MR) is 115 cm³/mol. The quantitative estimate of drug-likeness (QED) is 0.200. The molecule has 0 spiro atoms. The van der Waals surface area contributed by atoms with E-state index in [9.17, 15) is 0 Å². The average Bonchev–Trinajstić information content (AvgIpc) is 2.67. The minimum absolute atomic E-state index is 1.32. The topological polar surface area (TPSA) is 0 Å². The van der Waals surface area contributed by atoms with Gasteiger partial charge in [0.15, 0.2) is 0 Å². The molecule has 6 aromatic rings. The average molecular weight is 330 g/mol. The van der Waals surface area contributed by atoms with Crippen molar-refractivity contribution < 1.29 is 0 Å². The molecular formula is C26H18. The molecule has 0 aliphatic carbocycles. The smallest absolute Gasteiger partial charge is 0.00137 e. The Labute approximate surface area is 152 Å². The van der Waals surface area contributed by atoms with Crippen LogP contribution in [0, 0.1) is 13.8 Å². The highest BCUT2D eigenvalue weighted by atomic mass is 14.2. The van der Waals surface area contributed by atoms with Crippen LogP contribution in [0.4, 0.5) is 0 Å². The maximum atomic E-state index is 2.36. The van der Waals surface area contributed by atoms with Crippen LogP contribution in [0.3, 0.4) is 0 Å². The monoisotopic (exact) mass is 330 g/mol. The first kappa shape index (κ1) is 14.1. The fourth-order valence-corrected chi connectivity index (χ4v) is 4.87. The molecule has 122 valence electrons. The number of aryl methyl sites for hydroxylation is 2. The van der Waals surface area contributed by atoms with Gasteiger partial charge in [0.2, 0.25) is 0 Å². The molecule has 0 heterocycles. The van der Waals surface area contributed by atoms with Crippen LogP contribution in [0.15, 0.2) is 72.8 Å². The third-order valence-corrected chi connectivity index (χ3v) is 5.83. The molecule has 26 heavy (non-hydrogen) atoms. The number of hydrogen-bond donors (Lipinski definition) is 0. The number of fused-ring (bicyclic) bond motifs is 6. The summed E-state index contributed by atoms with van der Waals surface area (Å²) in [5.74, 6) is 0. The van der Waals surface area contributed by atoms with Gasteiger partial charge >= 0.3 is 0 Å². The van der Waals surface area contributed by atoms with Gasteiger partial charge in [0.25, 0.3) is 0 Å². The van der Waals surface area contributed by atoms with Crippen LogP contribution in [-0.2, 0) is 0 Å². The maximum absolute atomic E-state index is 2.36. The molecule has 0 fully saturated rings. The third-order valence-electron chi connectivity index (χ3n) is 5.83. The van der Waals surface area contributed by atoms with Crippen molar-refractivity contribution in [2.24, 2.45) is 0 Å². The summed E-state index contributed by atoms with van der Waals surface area (Å²) in [4.78, 5) is 0. The van der Waals surface area contributed by atoms with Gasteiger partial charge < -0.3 is 0 Å². The van der Waals surface area contributed by atoms with E-state index in [-0.39, 0.29) is 0 Å². The van der Waals surface area contributed by atoms with Gasteiger partial charge in [-0.3, -0.25) is 0 Å². The Bertz CT molecular complexity index is 1260. The van der Waals surface area contributed by atoms with Crippen LogP contribution in [-0.4, -0.2) is 0 Å². The van der Waals surface area contributed by atoms with E-state index in [0.717, 1.165) is 0 Å². The molecule has 0 aromatic heterocycles. The lowest BCUT2D eigenvalue weighted by atomic mass is 9.85. The molecule has 0 radical (unpaired) electrons. The second-order valence-electron chi connectivity index (χ2n) is 7.56. The van der Waals surface area contributed by atoms with Crippen LogP contribution in [0.5, 0.6) is 0 Å². The zero-order chi connectivity index (χ0) is 17.4. The fourth-order valence-electron chi connectivity index (χ4n) is 4.87. The molecule has 0 amide bonds. The molecule has 0 bridgehead atoms. The summed E-state index contributed by atoms with van der Waals surface area (Å²) in [6.07, 6.45) is 0. The van der Waals surface area contributed by atoms with E-state index in [1.165, 1.54) is 65.0 Å². The summed E-state index contributed by atoms with van der Waals surface area (Å²) in [6.45, 7) is 4.42. The molecule has 0 unspecified atom stereocenters. The molecule has 0 atom stereocenters. The first-order chi connectivity index (χ1) is 12.7. The summed E-state index contributed by atoms with van der Waals surface area (Å²) in [7, 11) is 0. The number of rotatable bonds is 0. The van der Waals surface area contributed by atoms with E-state index in [1.807, 2.05) is 0 Å². The third kappa shape index (κ3) is 1.64. The van der Waals surface area contributed by atoms with Crippen LogP contribution in [0.25, 0.3) is 53.9 Å². The van der Waals surface area contributed by atoms with Gasteiger partial charge in [0, 0.05) is 0 Å². The Morgan fingerprint density at radius 1 is 0.385 bits per heavy atom. The summed E-state index contributed by atoms with van der Waals surface area (Å²) >= 11 is 0. The van der Waals surface area contributed by atoms with Gasteiger partial charge in [0.05, 0.1) is 0 Å². The van der Waals surface area contributed by atoms with E-state index in [2.05, 4.69) is 86.6 Å². The number of hydrogen-bond acceptors (Lipinski definition) is 0. The molecule has 0 heteroatoms.